The van der Waals surface area contributed by atoms with Crippen molar-refractivity contribution in [3.05, 3.63) is 42.1 Å². The molecule has 0 radical (unpaired) electrons. The zero-order valence-corrected chi connectivity index (χ0v) is 12.2. The van der Waals surface area contributed by atoms with E-state index in [9.17, 15) is 13.2 Å². The molecule has 0 saturated heterocycles. The van der Waals surface area contributed by atoms with Crippen molar-refractivity contribution in [1.29, 1.82) is 0 Å². The summed E-state index contributed by atoms with van der Waals surface area (Å²) >= 11 is 0. The van der Waals surface area contributed by atoms with Crippen molar-refractivity contribution in [2.45, 2.75) is 32.0 Å². The van der Waals surface area contributed by atoms with Gasteiger partial charge in [-0.15, -0.1) is 15.3 Å². The van der Waals surface area contributed by atoms with Crippen LogP contribution in [-0.4, -0.2) is 25.9 Å². The standard InChI is InChI=1S/C14H14F3N5O/c1-9(4-5-10-3-2-8-23-10)18-11-6-7-12-19-20-13(14(15,16)17)22(12)21-11/h2-3,6-9H,4-5H2,1H3,(H,18,21). The highest BCUT2D eigenvalue weighted by Crippen LogP contribution is 2.27. The Morgan fingerprint density at radius 3 is 2.78 bits per heavy atom. The summed E-state index contributed by atoms with van der Waals surface area (Å²) in [7, 11) is 0. The highest BCUT2D eigenvalue weighted by atomic mass is 19.4. The lowest BCUT2D eigenvalue weighted by molar-refractivity contribution is -0.146. The lowest BCUT2D eigenvalue weighted by atomic mass is 10.1. The van der Waals surface area contributed by atoms with Crippen molar-refractivity contribution in [1.82, 2.24) is 19.8 Å². The predicted molar refractivity (Wildman–Crippen MR) is 75.9 cm³/mol. The zero-order valence-electron chi connectivity index (χ0n) is 12.2. The number of hydrogen-bond donors (Lipinski definition) is 1. The molecule has 9 heteroatoms. The van der Waals surface area contributed by atoms with Gasteiger partial charge in [0.25, 0.3) is 5.82 Å². The molecule has 0 amide bonds. The maximum Gasteiger partial charge on any atom is 0.453 e. The van der Waals surface area contributed by atoms with Crippen molar-refractivity contribution in [2.24, 2.45) is 0 Å². The van der Waals surface area contributed by atoms with E-state index in [4.69, 9.17) is 4.42 Å². The summed E-state index contributed by atoms with van der Waals surface area (Å²) in [6.07, 6.45) is -1.52. The molecule has 3 rings (SSSR count). The quantitative estimate of drug-likeness (QED) is 0.780. The van der Waals surface area contributed by atoms with Gasteiger partial charge in [-0.25, -0.2) is 0 Å². The molecule has 0 aliphatic rings. The van der Waals surface area contributed by atoms with Crippen molar-refractivity contribution in [3.63, 3.8) is 0 Å². The summed E-state index contributed by atoms with van der Waals surface area (Å²) in [4.78, 5) is 0. The Hall–Kier alpha value is -2.58. The number of fused-ring (bicyclic) bond motifs is 1. The van der Waals surface area contributed by atoms with Crippen molar-refractivity contribution in [3.8, 4) is 0 Å². The summed E-state index contributed by atoms with van der Waals surface area (Å²) in [5.74, 6) is 0.0503. The maximum atomic E-state index is 12.8. The van der Waals surface area contributed by atoms with E-state index in [1.165, 1.54) is 6.07 Å². The molecular weight excluding hydrogens is 311 g/mol. The van der Waals surface area contributed by atoms with E-state index in [0.717, 1.165) is 18.6 Å². The van der Waals surface area contributed by atoms with Crippen LogP contribution in [-0.2, 0) is 12.6 Å². The minimum Gasteiger partial charge on any atom is -0.469 e. The highest BCUT2D eigenvalue weighted by molar-refractivity contribution is 5.44. The van der Waals surface area contributed by atoms with Crippen LogP contribution in [0.3, 0.4) is 0 Å². The smallest absolute Gasteiger partial charge is 0.453 e. The average Bonchev–Trinajstić information content (AvgIpc) is 3.13. The average molecular weight is 325 g/mol. The van der Waals surface area contributed by atoms with Gasteiger partial charge < -0.3 is 9.73 Å². The Bertz CT molecular complexity index is 781. The van der Waals surface area contributed by atoms with E-state index >= 15 is 0 Å². The summed E-state index contributed by atoms with van der Waals surface area (Å²) < 4.78 is 44.4. The fraction of sp³-hybridized carbons (Fsp3) is 0.357. The van der Waals surface area contributed by atoms with Crippen LogP contribution in [0.2, 0.25) is 0 Å². The number of nitrogens with one attached hydrogen (secondary N) is 1. The summed E-state index contributed by atoms with van der Waals surface area (Å²) in [6.45, 7) is 1.92. The number of aryl methyl sites for hydroxylation is 1. The maximum absolute atomic E-state index is 12.8. The van der Waals surface area contributed by atoms with Gasteiger partial charge in [0.1, 0.15) is 11.6 Å². The van der Waals surface area contributed by atoms with Crippen LogP contribution >= 0.6 is 0 Å². The molecule has 1 N–H and O–H groups in total. The van der Waals surface area contributed by atoms with Crippen molar-refractivity contribution in [2.75, 3.05) is 5.32 Å². The predicted octanol–water partition coefficient (Wildman–Crippen LogP) is 3.17. The number of alkyl halides is 3. The third-order valence-corrected chi connectivity index (χ3v) is 3.31. The van der Waals surface area contributed by atoms with Gasteiger partial charge in [-0.3, -0.25) is 0 Å². The van der Waals surface area contributed by atoms with E-state index in [1.807, 2.05) is 19.1 Å². The van der Waals surface area contributed by atoms with Crippen LogP contribution in [0.25, 0.3) is 5.65 Å². The van der Waals surface area contributed by atoms with Gasteiger partial charge in [0, 0.05) is 12.5 Å². The Morgan fingerprint density at radius 1 is 1.26 bits per heavy atom. The van der Waals surface area contributed by atoms with E-state index < -0.39 is 12.0 Å². The number of nitrogens with zero attached hydrogens (tertiary/aromatic N) is 4. The van der Waals surface area contributed by atoms with Gasteiger partial charge in [0.05, 0.1) is 6.26 Å². The van der Waals surface area contributed by atoms with Gasteiger partial charge in [-0.2, -0.15) is 17.7 Å². The highest BCUT2D eigenvalue weighted by Gasteiger charge is 2.37. The molecule has 0 aliphatic heterocycles. The first-order valence-corrected chi connectivity index (χ1v) is 7.02. The van der Waals surface area contributed by atoms with Crippen LogP contribution in [0, 0.1) is 0 Å². The second-order valence-corrected chi connectivity index (χ2v) is 5.17. The van der Waals surface area contributed by atoms with E-state index in [1.54, 1.807) is 12.3 Å². The van der Waals surface area contributed by atoms with Crippen LogP contribution in [0.5, 0.6) is 0 Å². The fourth-order valence-electron chi connectivity index (χ4n) is 2.18. The van der Waals surface area contributed by atoms with Gasteiger partial charge in [0.2, 0.25) is 0 Å². The van der Waals surface area contributed by atoms with Crippen molar-refractivity contribution < 1.29 is 17.6 Å². The van der Waals surface area contributed by atoms with Crippen molar-refractivity contribution >= 4 is 11.5 Å². The lowest BCUT2D eigenvalue weighted by Crippen LogP contribution is -2.18. The molecular formula is C14H14F3N5O. The lowest BCUT2D eigenvalue weighted by Gasteiger charge is -2.14. The first-order valence-electron chi connectivity index (χ1n) is 7.02. The van der Waals surface area contributed by atoms with E-state index in [-0.39, 0.29) is 11.7 Å². The summed E-state index contributed by atoms with van der Waals surface area (Å²) in [6, 6.07) is 6.72. The van der Waals surface area contributed by atoms with Crippen LogP contribution in [0.1, 0.15) is 24.9 Å². The third kappa shape index (κ3) is 3.43. The fourth-order valence-corrected chi connectivity index (χ4v) is 2.18. The number of aromatic nitrogens is 4. The second kappa shape index (κ2) is 5.90. The van der Waals surface area contributed by atoms with E-state index in [0.29, 0.717) is 10.3 Å². The molecule has 0 aromatic carbocycles. The number of hydrogen-bond acceptors (Lipinski definition) is 5. The molecule has 122 valence electrons. The van der Waals surface area contributed by atoms with Gasteiger partial charge >= 0.3 is 6.18 Å². The largest absolute Gasteiger partial charge is 0.469 e. The van der Waals surface area contributed by atoms with Crippen LogP contribution in [0.15, 0.2) is 34.9 Å². The monoisotopic (exact) mass is 325 g/mol. The van der Waals surface area contributed by atoms with Gasteiger partial charge in [-0.05, 0) is 37.6 Å². The molecule has 3 aromatic rings. The van der Waals surface area contributed by atoms with Gasteiger partial charge in [0.15, 0.2) is 5.65 Å². The van der Waals surface area contributed by atoms with Crippen LogP contribution < -0.4 is 5.32 Å². The normalized spacial score (nSPS) is 13.4. The van der Waals surface area contributed by atoms with Crippen LogP contribution in [0.4, 0.5) is 19.0 Å². The number of rotatable bonds is 5. The molecule has 23 heavy (non-hydrogen) atoms. The minimum atomic E-state index is -4.60. The number of furan rings is 1. The topological polar surface area (TPSA) is 68.2 Å². The molecule has 1 unspecified atom stereocenters. The number of halogens is 3. The Balaban J connectivity index is 1.72. The first kappa shape index (κ1) is 15.3. The molecule has 0 saturated carbocycles. The molecule has 0 bridgehead atoms. The number of anilines is 1. The minimum absolute atomic E-state index is 0.0101. The Morgan fingerprint density at radius 2 is 2.09 bits per heavy atom. The molecule has 0 fully saturated rings. The Kier molecular flexibility index (Phi) is 3.93. The molecule has 0 spiro atoms. The summed E-state index contributed by atoms with van der Waals surface area (Å²) in [5, 5.41) is 13.6. The first-order chi connectivity index (χ1) is 10.9. The zero-order chi connectivity index (χ0) is 16.4. The third-order valence-electron chi connectivity index (χ3n) is 3.31. The summed E-state index contributed by atoms with van der Waals surface area (Å²) in [5.41, 5.74) is 0.0473. The molecule has 1 atom stereocenters. The van der Waals surface area contributed by atoms with E-state index in [2.05, 4.69) is 20.6 Å². The molecule has 0 aliphatic carbocycles. The Labute approximate surface area is 129 Å². The SMILES string of the molecule is CC(CCc1ccco1)Nc1ccc2nnc(C(F)(F)F)n2n1. The second-order valence-electron chi connectivity index (χ2n) is 5.17. The molecule has 6 nitrogen and oxygen atoms in total. The molecule has 3 heterocycles. The molecule has 3 aromatic heterocycles. The van der Waals surface area contributed by atoms with Gasteiger partial charge in [-0.1, -0.05) is 0 Å².